The van der Waals surface area contributed by atoms with Gasteiger partial charge in [-0.05, 0) is 24.1 Å². The van der Waals surface area contributed by atoms with E-state index in [0.29, 0.717) is 5.56 Å². The van der Waals surface area contributed by atoms with Gasteiger partial charge in [-0.15, -0.1) is 0 Å². The first-order chi connectivity index (χ1) is 5.81. The molecular formula is C9H9N3. The van der Waals surface area contributed by atoms with Crippen molar-refractivity contribution in [3.8, 4) is 6.07 Å². The largest absolute Gasteiger partial charge is 0.398 e. The second-order valence-corrected chi connectivity index (χ2v) is 2.88. The SMILES string of the molecule is N#Cc1cc(N)c2c(c1)NCC2. The first-order valence-electron chi connectivity index (χ1n) is 3.87. The summed E-state index contributed by atoms with van der Waals surface area (Å²) in [5.41, 5.74) is 9.28. The minimum Gasteiger partial charge on any atom is -0.398 e. The van der Waals surface area contributed by atoms with Crippen LogP contribution in [0, 0.1) is 11.3 Å². The van der Waals surface area contributed by atoms with Crippen LogP contribution in [0.1, 0.15) is 11.1 Å². The zero-order valence-corrected chi connectivity index (χ0v) is 6.59. The van der Waals surface area contributed by atoms with Crippen LogP contribution in [0.2, 0.25) is 0 Å². The monoisotopic (exact) mass is 159 g/mol. The van der Waals surface area contributed by atoms with E-state index in [0.717, 1.165) is 29.9 Å². The van der Waals surface area contributed by atoms with Gasteiger partial charge in [0.05, 0.1) is 11.6 Å². The van der Waals surface area contributed by atoms with Crippen LogP contribution in [0.3, 0.4) is 0 Å². The number of nitrogen functional groups attached to an aromatic ring is 1. The van der Waals surface area contributed by atoms with Gasteiger partial charge in [0.1, 0.15) is 0 Å². The number of nitrogens with zero attached hydrogens (tertiary/aromatic N) is 1. The van der Waals surface area contributed by atoms with Gasteiger partial charge in [-0.1, -0.05) is 0 Å². The van der Waals surface area contributed by atoms with E-state index in [4.69, 9.17) is 11.0 Å². The van der Waals surface area contributed by atoms with Crippen LogP contribution in [0.5, 0.6) is 0 Å². The molecule has 1 heterocycles. The molecule has 0 aliphatic carbocycles. The summed E-state index contributed by atoms with van der Waals surface area (Å²) >= 11 is 0. The second kappa shape index (κ2) is 2.42. The van der Waals surface area contributed by atoms with Crippen molar-refractivity contribution >= 4 is 11.4 Å². The maximum Gasteiger partial charge on any atom is 0.0993 e. The molecule has 3 heteroatoms. The number of nitrogens with one attached hydrogen (secondary N) is 1. The van der Waals surface area contributed by atoms with E-state index in [1.807, 2.05) is 6.07 Å². The third-order valence-electron chi connectivity index (χ3n) is 2.10. The molecular weight excluding hydrogens is 150 g/mol. The van der Waals surface area contributed by atoms with Gasteiger partial charge in [0, 0.05) is 17.9 Å². The Hall–Kier alpha value is -1.69. The quantitative estimate of drug-likeness (QED) is 0.557. The predicted molar refractivity (Wildman–Crippen MR) is 47.8 cm³/mol. The van der Waals surface area contributed by atoms with Crippen LogP contribution < -0.4 is 11.1 Å². The summed E-state index contributed by atoms with van der Waals surface area (Å²) in [5, 5.41) is 11.8. The summed E-state index contributed by atoms with van der Waals surface area (Å²) in [6.07, 6.45) is 0.965. The number of nitriles is 1. The fourth-order valence-electron chi connectivity index (χ4n) is 1.52. The van der Waals surface area contributed by atoms with Gasteiger partial charge in [-0.2, -0.15) is 5.26 Å². The highest BCUT2D eigenvalue weighted by atomic mass is 14.9. The molecule has 0 bridgehead atoms. The van der Waals surface area contributed by atoms with Crippen molar-refractivity contribution in [2.24, 2.45) is 0 Å². The third kappa shape index (κ3) is 0.892. The molecule has 1 aromatic rings. The number of fused-ring (bicyclic) bond motifs is 1. The van der Waals surface area contributed by atoms with Crippen molar-refractivity contribution < 1.29 is 0 Å². The molecule has 0 radical (unpaired) electrons. The van der Waals surface area contributed by atoms with Gasteiger partial charge in [-0.25, -0.2) is 0 Å². The third-order valence-corrected chi connectivity index (χ3v) is 2.10. The lowest BCUT2D eigenvalue weighted by atomic mass is 10.1. The van der Waals surface area contributed by atoms with Crippen LogP contribution in [-0.4, -0.2) is 6.54 Å². The molecule has 0 unspecified atom stereocenters. The Balaban J connectivity index is 2.60. The molecule has 2 rings (SSSR count). The topological polar surface area (TPSA) is 61.8 Å². The van der Waals surface area contributed by atoms with Crippen LogP contribution in [0.25, 0.3) is 0 Å². The number of anilines is 2. The molecule has 0 atom stereocenters. The zero-order chi connectivity index (χ0) is 8.55. The normalized spacial score (nSPS) is 13.2. The Morgan fingerprint density at radius 1 is 1.50 bits per heavy atom. The van der Waals surface area contributed by atoms with Gasteiger partial charge in [-0.3, -0.25) is 0 Å². The van der Waals surface area contributed by atoms with E-state index in [9.17, 15) is 0 Å². The van der Waals surface area contributed by atoms with Gasteiger partial charge in [0.2, 0.25) is 0 Å². The van der Waals surface area contributed by atoms with Crippen molar-refractivity contribution in [1.29, 1.82) is 5.26 Å². The minimum absolute atomic E-state index is 0.626. The van der Waals surface area contributed by atoms with Gasteiger partial charge < -0.3 is 11.1 Å². The first-order valence-corrected chi connectivity index (χ1v) is 3.87. The van der Waals surface area contributed by atoms with Gasteiger partial charge in [0.15, 0.2) is 0 Å². The van der Waals surface area contributed by atoms with Gasteiger partial charge >= 0.3 is 0 Å². The lowest BCUT2D eigenvalue weighted by Gasteiger charge is -2.02. The number of hydrogen-bond donors (Lipinski definition) is 2. The number of nitrogens with two attached hydrogens (primary N) is 1. The van der Waals surface area contributed by atoms with Crippen LogP contribution in [0.15, 0.2) is 12.1 Å². The van der Waals surface area contributed by atoms with E-state index in [1.54, 1.807) is 6.07 Å². The average Bonchev–Trinajstić information content (AvgIpc) is 2.52. The summed E-state index contributed by atoms with van der Waals surface area (Å²) in [5.74, 6) is 0. The maximum absolute atomic E-state index is 8.66. The highest BCUT2D eigenvalue weighted by Crippen LogP contribution is 2.28. The van der Waals surface area contributed by atoms with E-state index in [2.05, 4.69) is 11.4 Å². The lowest BCUT2D eigenvalue weighted by molar-refractivity contribution is 1.11. The van der Waals surface area contributed by atoms with Crippen molar-refractivity contribution in [2.75, 3.05) is 17.6 Å². The molecule has 0 saturated carbocycles. The van der Waals surface area contributed by atoms with E-state index < -0.39 is 0 Å². The van der Waals surface area contributed by atoms with E-state index >= 15 is 0 Å². The average molecular weight is 159 g/mol. The second-order valence-electron chi connectivity index (χ2n) is 2.88. The molecule has 0 saturated heterocycles. The Morgan fingerprint density at radius 3 is 3.08 bits per heavy atom. The highest BCUT2D eigenvalue weighted by molar-refractivity contribution is 5.69. The molecule has 1 aliphatic heterocycles. The molecule has 1 aliphatic rings. The Bertz CT molecular complexity index is 363. The van der Waals surface area contributed by atoms with Crippen LogP contribution in [-0.2, 0) is 6.42 Å². The summed E-state index contributed by atoms with van der Waals surface area (Å²) in [6, 6.07) is 5.65. The van der Waals surface area contributed by atoms with Gasteiger partial charge in [0.25, 0.3) is 0 Å². The highest BCUT2D eigenvalue weighted by Gasteiger charge is 2.13. The standard InChI is InChI=1S/C9H9N3/c10-5-6-3-8(11)7-1-2-12-9(7)4-6/h3-4,12H,1-2,11H2. The minimum atomic E-state index is 0.626. The maximum atomic E-state index is 8.66. The fraction of sp³-hybridized carbons (Fsp3) is 0.222. The molecule has 3 nitrogen and oxygen atoms in total. The molecule has 0 amide bonds. The lowest BCUT2D eigenvalue weighted by Crippen LogP contribution is -1.92. The molecule has 12 heavy (non-hydrogen) atoms. The number of hydrogen-bond acceptors (Lipinski definition) is 3. The first kappa shape index (κ1) is 6.99. The van der Waals surface area contributed by atoms with Crippen molar-refractivity contribution in [3.05, 3.63) is 23.3 Å². The number of rotatable bonds is 0. The summed E-state index contributed by atoms with van der Waals surface area (Å²) in [4.78, 5) is 0. The van der Waals surface area contributed by atoms with Crippen LogP contribution in [0.4, 0.5) is 11.4 Å². The molecule has 60 valence electrons. The Morgan fingerprint density at radius 2 is 2.33 bits per heavy atom. The summed E-state index contributed by atoms with van der Waals surface area (Å²) < 4.78 is 0. The molecule has 1 aromatic carbocycles. The van der Waals surface area contributed by atoms with Crippen LogP contribution >= 0.6 is 0 Å². The van der Waals surface area contributed by atoms with Crippen molar-refractivity contribution in [1.82, 2.24) is 0 Å². The molecule has 0 aromatic heterocycles. The molecule has 0 fully saturated rings. The van der Waals surface area contributed by atoms with Crippen molar-refractivity contribution in [3.63, 3.8) is 0 Å². The Kier molecular flexibility index (Phi) is 1.41. The van der Waals surface area contributed by atoms with Crippen molar-refractivity contribution in [2.45, 2.75) is 6.42 Å². The number of benzene rings is 1. The zero-order valence-electron chi connectivity index (χ0n) is 6.59. The summed E-state index contributed by atoms with van der Waals surface area (Å²) in [7, 11) is 0. The van der Waals surface area contributed by atoms with E-state index in [1.165, 1.54) is 0 Å². The fourth-order valence-corrected chi connectivity index (χ4v) is 1.52. The smallest absolute Gasteiger partial charge is 0.0993 e. The molecule has 0 spiro atoms. The Labute approximate surface area is 70.8 Å². The summed E-state index contributed by atoms with van der Waals surface area (Å²) in [6.45, 7) is 0.925. The van der Waals surface area contributed by atoms with E-state index in [-0.39, 0.29) is 0 Å². The predicted octanol–water partition coefficient (Wildman–Crippen LogP) is 1.11. The molecule has 3 N–H and O–H groups in total.